The average molecular weight is 341 g/mol. The minimum atomic E-state index is -0.0467. The summed E-state index contributed by atoms with van der Waals surface area (Å²) in [5.74, 6) is 0.412. The van der Waals surface area contributed by atoms with Crippen LogP contribution >= 0.6 is 0 Å². The van der Waals surface area contributed by atoms with E-state index in [0.29, 0.717) is 12.5 Å². The zero-order valence-electron chi connectivity index (χ0n) is 15.0. The highest BCUT2D eigenvalue weighted by Crippen LogP contribution is 2.26. The summed E-state index contributed by atoms with van der Waals surface area (Å²) in [4.78, 5) is 16.8. The second kappa shape index (κ2) is 8.30. The number of aromatic nitrogens is 2. The third-order valence-electron chi connectivity index (χ3n) is 4.84. The van der Waals surface area contributed by atoms with Crippen molar-refractivity contribution in [2.45, 2.75) is 45.9 Å². The van der Waals surface area contributed by atoms with Crippen LogP contribution in [-0.2, 0) is 22.6 Å². The summed E-state index contributed by atoms with van der Waals surface area (Å²) >= 11 is 0. The number of benzene rings is 1. The average Bonchev–Trinajstić information content (AvgIpc) is 3.13. The Morgan fingerprint density at radius 2 is 2.16 bits per heavy atom. The lowest BCUT2D eigenvalue weighted by Crippen LogP contribution is -2.43. The Kier molecular flexibility index (Phi) is 5.87. The van der Waals surface area contributed by atoms with Crippen molar-refractivity contribution in [1.29, 1.82) is 0 Å². The zero-order chi connectivity index (χ0) is 17.6. The summed E-state index contributed by atoms with van der Waals surface area (Å²) < 4.78 is 7.88. The Hall–Kier alpha value is -2.14. The molecule has 0 spiro atoms. The standard InChI is InChI=1S/C20H27N3O2/c1-15(2)19-18(8-5-11-25-19)20(24)22-12-16-6-3-4-7-17(16)13-23-10-9-21-14-23/h3-4,6-7,9-10,14-15,18-19H,5,8,11-13H2,1-2H3,(H,22,24). The van der Waals surface area contributed by atoms with Gasteiger partial charge in [-0.05, 0) is 29.9 Å². The summed E-state index contributed by atoms with van der Waals surface area (Å²) in [6.45, 7) is 6.31. The summed E-state index contributed by atoms with van der Waals surface area (Å²) in [7, 11) is 0. The quantitative estimate of drug-likeness (QED) is 0.879. The van der Waals surface area contributed by atoms with Gasteiger partial charge in [0.1, 0.15) is 0 Å². The van der Waals surface area contributed by atoms with Gasteiger partial charge in [0.05, 0.1) is 18.3 Å². The lowest BCUT2D eigenvalue weighted by atomic mass is 9.86. The van der Waals surface area contributed by atoms with E-state index >= 15 is 0 Å². The second-order valence-corrected chi connectivity index (χ2v) is 7.05. The number of ether oxygens (including phenoxy) is 1. The number of carbonyl (C=O) groups is 1. The van der Waals surface area contributed by atoms with E-state index in [-0.39, 0.29) is 17.9 Å². The molecule has 25 heavy (non-hydrogen) atoms. The predicted molar refractivity (Wildman–Crippen MR) is 96.9 cm³/mol. The van der Waals surface area contributed by atoms with Crippen LogP contribution in [0.4, 0.5) is 0 Å². The van der Waals surface area contributed by atoms with Crippen LogP contribution in [0.5, 0.6) is 0 Å². The number of hydrogen-bond donors (Lipinski definition) is 1. The van der Waals surface area contributed by atoms with Gasteiger partial charge in [0.15, 0.2) is 0 Å². The predicted octanol–water partition coefficient (Wildman–Crippen LogP) is 3.00. The lowest BCUT2D eigenvalue weighted by molar-refractivity contribution is -0.137. The molecule has 1 aromatic heterocycles. The molecule has 2 atom stereocenters. The van der Waals surface area contributed by atoms with Crippen LogP contribution in [0.25, 0.3) is 0 Å². The monoisotopic (exact) mass is 341 g/mol. The van der Waals surface area contributed by atoms with Crippen molar-refractivity contribution in [1.82, 2.24) is 14.9 Å². The summed E-state index contributed by atoms with van der Waals surface area (Å²) in [6, 6.07) is 8.22. The molecule has 1 N–H and O–H groups in total. The van der Waals surface area contributed by atoms with E-state index in [1.165, 1.54) is 5.56 Å². The molecule has 3 rings (SSSR count). The van der Waals surface area contributed by atoms with Gasteiger partial charge in [-0.25, -0.2) is 4.98 Å². The number of amides is 1. The van der Waals surface area contributed by atoms with E-state index in [2.05, 4.69) is 36.3 Å². The molecule has 0 radical (unpaired) electrons. The first-order valence-electron chi connectivity index (χ1n) is 9.07. The van der Waals surface area contributed by atoms with Crippen LogP contribution in [0.3, 0.4) is 0 Å². The topological polar surface area (TPSA) is 56.1 Å². The number of carbonyl (C=O) groups excluding carboxylic acids is 1. The van der Waals surface area contributed by atoms with Crippen molar-refractivity contribution in [3.63, 3.8) is 0 Å². The van der Waals surface area contributed by atoms with Crippen LogP contribution in [0.2, 0.25) is 0 Å². The maximum atomic E-state index is 12.7. The first-order valence-corrected chi connectivity index (χ1v) is 9.07. The van der Waals surface area contributed by atoms with E-state index in [1.54, 1.807) is 6.20 Å². The molecule has 0 aliphatic carbocycles. The van der Waals surface area contributed by atoms with Gasteiger partial charge >= 0.3 is 0 Å². The molecule has 1 aliphatic heterocycles. The number of hydrogen-bond acceptors (Lipinski definition) is 3. The largest absolute Gasteiger partial charge is 0.377 e. The van der Waals surface area contributed by atoms with Crippen molar-refractivity contribution < 1.29 is 9.53 Å². The van der Waals surface area contributed by atoms with Crippen LogP contribution in [0.15, 0.2) is 43.0 Å². The van der Waals surface area contributed by atoms with E-state index in [0.717, 1.165) is 31.6 Å². The normalized spacial score (nSPS) is 20.6. The smallest absolute Gasteiger partial charge is 0.226 e. The van der Waals surface area contributed by atoms with Gasteiger partial charge in [-0.2, -0.15) is 0 Å². The van der Waals surface area contributed by atoms with Crippen LogP contribution < -0.4 is 5.32 Å². The Balaban J connectivity index is 1.64. The number of nitrogens with one attached hydrogen (secondary N) is 1. The third kappa shape index (κ3) is 4.48. The molecular formula is C20H27N3O2. The molecule has 5 heteroatoms. The Morgan fingerprint density at radius 3 is 2.88 bits per heavy atom. The lowest BCUT2D eigenvalue weighted by Gasteiger charge is -2.33. The van der Waals surface area contributed by atoms with Gasteiger partial charge in [-0.3, -0.25) is 4.79 Å². The van der Waals surface area contributed by atoms with E-state index < -0.39 is 0 Å². The molecule has 1 saturated heterocycles. The minimum absolute atomic E-state index is 0.0231. The fourth-order valence-corrected chi connectivity index (χ4v) is 3.52. The fourth-order valence-electron chi connectivity index (χ4n) is 3.52. The van der Waals surface area contributed by atoms with Gasteiger partial charge in [-0.15, -0.1) is 0 Å². The molecule has 1 amide bonds. The first-order chi connectivity index (χ1) is 12.1. The molecule has 0 bridgehead atoms. The van der Waals surface area contributed by atoms with Gasteiger partial charge in [0, 0.05) is 32.1 Å². The highest BCUT2D eigenvalue weighted by Gasteiger charge is 2.33. The molecule has 1 fully saturated rings. The van der Waals surface area contributed by atoms with E-state index in [4.69, 9.17) is 4.74 Å². The van der Waals surface area contributed by atoms with Gasteiger partial charge in [-0.1, -0.05) is 38.1 Å². The Labute approximate surface area is 149 Å². The summed E-state index contributed by atoms with van der Waals surface area (Å²) in [5, 5.41) is 3.13. The van der Waals surface area contributed by atoms with Crippen LogP contribution in [-0.4, -0.2) is 28.2 Å². The maximum Gasteiger partial charge on any atom is 0.226 e. The number of imidazole rings is 1. The van der Waals surface area contributed by atoms with Crippen molar-refractivity contribution in [3.05, 3.63) is 54.1 Å². The first kappa shape index (κ1) is 17.7. The molecule has 1 aliphatic rings. The highest BCUT2D eigenvalue weighted by molar-refractivity contribution is 5.79. The van der Waals surface area contributed by atoms with E-state index in [9.17, 15) is 4.79 Å². The Morgan fingerprint density at radius 1 is 1.36 bits per heavy atom. The second-order valence-electron chi connectivity index (χ2n) is 7.05. The summed E-state index contributed by atoms with van der Waals surface area (Å²) in [5.41, 5.74) is 2.34. The van der Waals surface area contributed by atoms with Gasteiger partial charge in [0.2, 0.25) is 5.91 Å². The zero-order valence-corrected chi connectivity index (χ0v) is 15.0. The molecule has 2 unspecified atom stereocenters. The molecule has 5 nitrogen and oxygen atoms in total. The number of nitrogens with zero attached hydrogens (tertiary/aromatic N) is 2. The SMILES string of the molecule is CC(C)C1OCCCC1C(=O)NCc1ccccc1Cn1ccnc1. The molecule has 0 saturated carbocycles. The van der Waals surface area contributed by atoms with Crippen LogP contribution in [0.1, 0.15) is 37.8 Å². The molecular weight excluding hydrogens is 314 g/mol. The third-order valence-corrected chi connectivity index (χ3v) is 4.84. The van der Waals surface area contributed by atoms with Crippen molar-refractivity contribution in [3.8, 4) is 0 Å². The Bertz CT molecular complexity index is 682. The molecule has 2 heterocycles. The highest BCUT2D eigenvalue weighted by atomic mass is 16.5. The summed E-state index contributed by atoms with van der Waals surface area (Å²) in [6.07, 6.45) is 7.42. The van der Waals surface area contributed by atoms with Gasteiger partial charge < -0.3 is 14.6 Å². The molecule has 2 aromatic rings. The minimum Gasteiger partial charge on any atom is -0.377 e. The fraction of sp³-hybridized carbons (Fsp3) is 0.500. The van der Waals surface area contributed by atoms with Crippen molar-refractivity contribution in [2.75, 3.05) is 6.61 Å². The molecule has 1 aromatic carbocycles. The van der Waals surface area contributed by atoms with Crippen LogP contribution in [0, 0.1) is 11.8 Å². The molecule has 134 valence electrons. The van der Waals surface area contributed by atoms with Crippen molar-refractivity contribution in [2.24, 2.45) is 11.8 Å². The maximum absolute atomic E-state index is 12.7. The van der Waals surface area contributed by atoms with Gasteiger partial charge in [0.25, 0.3) is 0 Å². The van der Waals surface area contributed by atoms with E-state index in [1.807, 2.05) is 29.2 Å². The van der Waals surface area contributed by atoms with Crippen molar-refractivity contribution >= 4 is 5.91 Å². The number of rotatable bonds is 6.